The summed E-state index contributed by atoms with van der Waals surface area (Å²) in [5, 5.41) is 0. The van der Waals surface area contributed by atoms with E-state index in [0.717, 1.165) is 10.4 Å². The minimum absolute atomic E-state index is 0.420. The molecule has 0 radical (unpaired) electrons. The third-order valence-corrected chi connectivity index (χ3v) is 5.24. The lowest BCUT2D eigenvalue weighted by Gasteiger charge is -1.97. The van der Waals surface area contributed by atoms with Crippen molar-refractivity contribution in [3.05, 3.63) is 42.0 Å². The minimum atomic E-state index is -3.08. The van der Waals surface area contributed by atoms with Crippen molar-refractivity contribution >= 4 is 21.2 Å². The van der Waals surface area contributed by atoms with Gasteiger partial charge >= 0.3 is 0 Å². The van der Waals surface area contributed by atoms with Crippen molar-refractivity contribution in [2.45, 2.75) is 11.1 Å². The molecule has 0 N–H and O–H groups in total. The highest BCUT2D eigenvalue weighted by Crippen LogP contribution is 2.30. The van der Waals surface area contributed by atoms with Gasteiger partial charge in [-0.15, -0.1) is 11.3 Å². The molecule has 1 aromatic heterocycles. The number of hydrogen-bond donors (Lipinski definition) is 0. The molecule has 0 aliphatic rings. The zero-order valence-corrected chi connectivity index (χ0v) is 10.7. The maximum atomic E-state index is 11.3. The molecule has 2 nitrogen and oxygen atoms in total. The van der Waals surface area contributed by atoms with E-state index in [1.54, 1.807) is 6.07 Å². The zero-order chi connectivity index (χ0) is 11.8. The molecule has 0 aliphatic carbocycles. The van der Waals surface area contributed by atoms with Gasteiger partial charge in [-0.1, -0.05) is 29.8 Å². The van der Waals surface area contributed by atoms with E-state index in [0.29, 0.717) is 4.21 Å². The van der Waals surface area contributed by atoms with Gasteiger partial charge in [0.05, 0.1) is 0 Å². The average molecular weight is 252 g/mol. The molecule has 1 aromatic carbocycles. The van der Waals surface area contributed by atoms with Crippen LogP contribution in [0.4, 0.5) is 0 Å². The molecule has 84 valence electrons. The monoisotopic (exact) mass is 252 g/mol. The van der Waals surface area contributed by atoms with Crippen LogP contribution in [0, 0.1) is 6.92 Å². The summed E-state index contributed by atoms with van der Waals surface area (Å²) in [6.07, 6.45) is 1.23. The number of thiophene rings is 1. The van der Waals surface area contributed by atoms with Gasteiger partial charge in [-0.3, -0.25) is 0 Å². The number of rotatable bonds is 2. The summed E-state index contributed by atoms with van der Waals surface area (Å²) in [6, 6.07) is 11.6. The third-order valence-electron chi connectivity index (χ3n) is 2.28. The largest absolute Gasteiger partial charge is 0.223 e. The van der Waals surface area contributed by atoms with Gasteiger partial charge < -0.3 is 0 Å². The zero-order valence-electron chi connectivity index (χ0n) is 9.10. The molecular formula is C12H12O2S2. The Morgan fingerprint density at radius 3 is 2.12 bits per heavy atom. The van der Waals surface area contributed by atoms with E-state index >= 15 is 0 Å². The maximum Gasteiger partial charge on any atom is 0.184 e. The highest BCUT2D eigenvalue weighted by Gasteiger charge is 2.11. The van der Waals surface area contributed by atoms with Crippen molar-refractivity contribution in [2.24, 2.45) is 0 Å². The first-order valence-corrected chi connectivity index (χ1v) is 7.54. The van der Waals surface area contributed by atoms with Crippen molar-refractivity contribution in [2.75, 3.05) is 6.26 Å². The highest BCUT2D eigenvalue weighted by molar-refractivity contribution is 7.92. The summed E-state index contributed by atoms with van der Waals surface area (Å²) in [4.78, 5) is 0.987. The van der Waals surface area contributed by atoms with Gasteiger partial charge in [-0.2, -0.15) is 0 Å². The van der Waals surface area contributed by atoms with Gasteiger partial charge in [-0.25, -0.2) is 8.42 Å². The summed E-state index contributed by atoms with van der Waals surface area (Å²) in [5.41, 5.74) is 2.26. The van der Waals surface area contributed by atoms with Crippen LogP contribution >= 0.6 is 11.3 Å². The van der Waals surface area contributed by atoms with Crippen LogP contribution in [0.25, 0.3) is 10.4 Å². The molecule has 0 spiro atoms. The van der Waals surface area contributed by atoms with E-state index in [1.165, 1.54) is 23.2 Å². The van der Waals surface area contributed by atoms with E-state index in [2.05, 4.69) is 0 Å². The molecule has 1 heterocycles. The van der Waals surface area contributed by atoms with Crippen molar-refractivity contribution in [3.63, 3.8) is 0 Å². The van der Waals surface area contributed by atoms with Crippen LogP contribution < -0.4 is 0 Å². The SMILES string of the molecule is Cc1ccc(-c2ccc(S(C)(=O)=O)s2)cc1. The number of aryl methyl sites for hydroxylation is 1. The second kappa shape index (κ2) is 4.03. The second-order valence-electron chi connectivity index (χ2n) is 3.76. The Morgan fingerprint density at radius 2 is 1.62 bits per heavy atom. The molecule has 2 rings (SSSR count). The summed E-state index contributed by atoms with van der Waals surface area (Å²) in [7, 11) is -3.08. The molecular weight excluding hydrogens is 240 g/mol. The van der Waals surface area contributed by atoms with Crippen LogP contribution in [0.2, 0.25) is 0 Å². The molecule has 0 saturated heterocycles. The van der Waals surface area contributed by atoms with Crippen LogP contribution in [0.3, 0.4) is 0 Å². The van der Waals surface area contributed by atoms with Gasteiger partial charge in [0.2, 0.25) is 0 Å². The van der Waals surface area contributed by atoms with E-state index < -0.39 is 9.84 Å². The van der Waals surface area contributed by atoms with Crippen LogP contribution in [-0.4, -0.2) is 14.7 Å². The van der Waals surface area contributed by atoms with E-state index in [-0.39, 0.29) is 0 Å². The first kappa shape index (κ1) is 11.4. The van der Waals surface area contributed by atoms with Crippen LogP contribution in [0.5, 0.6) is 0 Å². The minimum Gasteiger partial charge on any atom is -0.223 e. The molecule has 0 aliphatic heterocycles. The van der Waals surface area contributed by atoms with Crippen molar-refractivity contribution in [1.29, 1.82) is 0 Å². The maximum absolute atomic E-state index is 11.3. The highest BCUT2D eigenvalue weighted by atomic mass is 32.2. The van der Waals surface area contributed by atoms with E-state index in [1.807, 2.05) is 37.3 Å². The van der Waals surface area contributed by atoms with Crippen molar-refractivity contribution in [1.82, 2.24) is 0 Å². The molecule has 0 bridgehead atoms. The van der Waals surface area contributed by atoms with Crippen LogP contribution in [-0.2, 0) is 9.84 Å². The average Bonchev–Trinajstić information content (AvgIpc) is 2.67. The Balaban J connectivity index is 2.43. The first-order valence-electron chi connectivity index (χ1n) is 4.84. The fraction of sp³-hybridized carbons (Fsp3) is 0.167. The van der Waals surface area contributed by atoms with Gasteiger partial charge in [0.25, 0.3) is 0 Å². The van der Waals surface area contributed by atoms with Crippen LogP contribution in [0.1, 0.15) is 5.56 Å². The summed E-state index contributed by atoms with van der Waals surface area (Å²) >= 11 is 1.31. The van der Waals surface area contributed by atoms with Crippen LogP contribution in [0.15, 0.2) is 40.6 Å². The Bertz CT molecular complexity index is 592. The second-order valence-corrected chi connectivity index (χ2v) is 7.08. The standard InChI is InChI=1S/C12H12O2S2/c1-9-3-5-10(6-4-9)11-7-8-12(15-11)16(2,13)14/h3-8H,1-2H3. The fourth-order valence-corrected chi connectivity index (χ4v) is 3.33. The Labute approximate surface area is 99.5 Å². The normalized spacial score (nSPS) is 11.6. The summed E-state index contributed by atoms with van der Waals surface area (Å²) in [6.45, 7) is 2.03. The Hall–Kier alpha value is -1.13. The van der Waals surface area contributed by atoms with Gasteiger partial charge in [0, 0.05) is 11.1 Å². The lowest BCUT2D eigenvalue weighted by Crippen LogP contribution is -1.91. The summed E-state index contributed by atoms with van der Waals surface area (Å²) < 4.78 is 23.1. The van der Waals surface area contributed by atoms with E-state index in [4.69, 9.17) is 0 Å². The summed E-state index contributed by atoms with van der Waals surface area (Å²) in [5.74, 6) is 0. The fourth-order valence-electron chi connectivity index (χ4n) is 1.39. The van der Waals surface area contributed by atoms with Gasteiger partial charge in [0.15, 0.2) is 9.84 Å². The molecule has 0 atom stereocenters. The molecule has 16 heavy (non-hydrogen) atoms. The molecule has 2 aromatic rings. The Morgan fingerprint density at radius 1 is 1.00 bits per heavy atom. The van der Waals surface area contributed by atoms with Crippen molar-refractivity contribution in [3.8, 4) is 10.4 Å². The lowest BCUT2D eigenvalue weighted by atomic mass is 10.1. The predicted molar refractivity (Wildman–Crippen MR) is 67.6 cm³/mol. The van der Waals surface area contributed by atoms with Gasteiger partial charge in [0.1, 0.15) is 4.21 Å². The first-order chi connectivity index (χ1) is 7.47. The van der Waals surface area contributed by atoms with Gasteiger partial charge in [-0.05, 0) is 24.6 Å². The molecule has 0 saturated carbocycles. The van der Waals surface area contributed by atoms with E-state index in [9.17, 15) is 8.42 Å². The molecule has 0 fully saturated rings. The lowest BCUT2D eigenvalue weighted by molar-refractivity contribution is 0.604. The van der Waals surface area contributed by atoms with Crippen molar-refractivity contribution < 1.29 is 8.42 Å². The third kappa shape index (κ3) is 2.33. The molecule has 0 amide bonds. The smallest absolute Gasteiger partial charge is 0.184 e. The topological polar surface area (TPSA) is 34.1 Å². The quantitative estimate of drug-likeness (QED) is 0.823. The molecule has 0 unspecified atom stereocenters. The Kier molecular flexibility index (Phi) is 2.86. The number of sulfone groups is 1. The number of benzene rings is 1. The molecule has 4 heteroatoms. The number of hydrogen-bond acceptors (Lipinski definition) is 3. The predicted octanol–water partition coefficient (Wildman–Crippen LogP) is 3.13.